The van der Waals surface area contributed by atoms with Crippen LogP contribution in [0.3, 0.4) is 0 Å². The maximum absolute atomic E-state index is 6.19. The van der Waals surface area contributed by atoms with Crippen molar-refractivity contribution in [3.05, 3.63) is 22.8 Å². The topological polar surface area (TPSA) is 37.4 Å². The van der Waals surface area contributed by atoms with Crippen molar-refractivity contribution in [2.75, 3.05) is 27.2 Å². The zero-order valence-electron chi connectivity index (χ0n) is 14.0. The van der Waals surface area contributed by atoms with Crippen molar-refractivity contribution in [3.8, 4) is 5.88 Å². The summed E-state index contributed by atoms with van der Waals surface area (Å²) < 4.78 is 5.82. The molecule has 0 bridgehead atoms. The Kier molecular flexibility index (Phi) is 6.91. The molecule has 0 saturated heterocycles. The van der Waals surface area contributed by atoms with Gasteiger partial charge in [0.1, 0.15) is 6.61 Å². The summed E-state index contributed by atoms with van der Waals surface area (Å²) in [5, 5.41) is 4.02. The van der Waals surface area contributed by atoms with E-state index in [0.29, 0.717) is 30.0 Å². The molecular weight excluding hydrogens is 286 g/mol. The lowest BCUT2D eigenvalue weighted by Crippen LogP contribution is -2.43. The summed E-state index contributed by atoms with van der Waals surface area (Å²) in [6.07, 6.45) is 0. The molecule has 5 heteroatoms. The molecule has 0 aliphatic heterocycles. The third kappa shape index (κ3) is 6.20. The largest absolute Gasteiger partial charge is 0.476 e. The second-order valence-corrected chi connectivity index (χ2v) is 7.01. The van der Waals surface area contributed by atoms with E-state index in [9.17, 15) is 0 Å². The Labute approximate surface area is 133 Å². The van der Waals surface area contributed by atoms with Gasteiger partial charge < -0.3 is 15.0 Å². The molecule has 21 heavy (non-hydrogen) atoms. The summed E-state index contributed by atoms with van der Waals surface area (Å²) in [5.74, 6) is 1.22. The van der Waals surface area contributed by atoms with Crippen molar-refractivity contribution < 1.29 is 4.74 Å². The summed E-state index contributed by atoms with van der Waals surface area (Å²) in [6, 6.07) is 3.67. The van der Waals surface area contributed by atoms with Crippen LogP contribution in [-0.4, -0.2) is 42.7 Å². The van der Waals surface area contributed by atoms with Gasteiger partial charge >= 0.3 is 0 Å². The molecular formula is C16H28ClN3O. The molecule has 0 aliphatic rings. The van der Waals surface area contributed by atoms with Crippen LogP contribution in [-0.2, 0) is 6.54 Å². The fraction of sp³-hybridized carbons (Fsp3) is 0.688. The summed E-state index contributed by atoms with van der Waals surface area (Å²) in [6.45, 7) is 10.8. The van der Waals surface area contributed by atoms with Crippen LogP contribution < -0.4 is 10.1 Å². The summed E-state index contributed by atoms with van der Waals surface area (Å²) in [5.41, 5.74) is 0.787. The highest BCUT2D eigenvalue weighted by atomic mass is 35.5. The molecule has 4 nitrogen and oxygen atoms in total. The normalized spacial score (nSPS) is 12.2. The zero-order chi connectivity index (χ0) is 16.0. The standard InChI is InChI=1S/C16H28ClN3O/c1-12(2)9-18-10-14-13(17)7-8-15(19-14)21-11-16(3,4)20(5)6/h7-8,12,18H,9-11H2,1-6H3. The van der Waals surface area contributed by atoms with Crippen molar-refractivity contribution in [1.82, 2.24) is 15.2 Å². The van der Waals surface area contributed by atoms with E-state index < -0.39 is 0 Å². The van der Waals surface area contributed by atoms with Gasteiger partial charge in [0.15, 0.2) is 0 Å². The molecule has 1 rings (SSSR count). The molecule has 1 heterocycles. The first-order valence-corrected chi connectivity index (χ1v) is 7.76. The number of aromatic nitrogens is 1. The van der Waals surface area contributed by atoms with Crippen LogP contribution in [0.15, 0.2) is 12.1 Å². The van der Waals surface area contributed by atoms with Gasteiger partial charge in [-0.2, -0.15) is 0 Å². The Morgan fingerprint density at radius 3 is 2.57 bits per heavy atom. The molecule has 120 valence electrons. The van der Waals surface area contributed by atoms with E-state index in [1.165, 1.54) is 0 Å². The molecule has 0 radical (unpaired) electrons. The van der Waals surface area contributed by atoms with Crippen molar-refractivity contribution in [2.24, 2.45) is 5.92 Å². The minimum Gasteiger partial charge on any atom is -0.476 e. The van der Waals surface area contributed by atoms with Gasteiger partial charge in [0, 0.05) is 18.2 Å². The van der Waals surface area contributed by atoms with Crippen LogP contribution in [0.2, 0.25) is 5.02 Å². The minimum atomic E-state index is -0.0443. The van der Waals surface area contributed by atoms with Gasteiger partial charge in [-0.3, -0.25) is 0 Å². The predicted molar refractivity (Wildman–Crippen MR) is 89.1 cm³/mol. The Bertz CT molecular complexity index is 447. The molecule has 0 fully saturated rings. The van der Waals surface area contributed by atoms with Crippen molar-refractivity contribution >= 4 is 11.6 Å². The van der Waals surface area contributed by atoms with Gasteiger partial charge in [0.25, 0.3) is 0 Å². The highest BCUT2D eigenvalue weighted by molar-refractivity contribution is 6.31. The Hall–Kier alpha value is -0.840. The third-order valence-electron chi connectivity index (χ3n) is 3.52. The van der Waals surface area contributed by atoms with Crippen LogP contribution in [0.4, 0.5) is 0 Å². The van der Waals surface area contributed by atoms with Crippen molar-refractivity contribution in [2.45, 2.75) is 39.8 Å². The van der Waals surface area contributed by atoms with Gasteiger partial charge in [-0.1, -0.05) is 25.4 Å². The number of likely N-dealkylation sites (N-methyl/N-ethyl adjacent to an activating group) is 1. The van der Waals surface area contributed by atoms with Gasteiger partial charge in [-0.15, -0.1) is 0 Å². The molecule has 1 N–H and O–H groups in total. The lowest BCUT2D eigenvalue weighted by molar-refractivity contribution is 0.111. The molecule has 0 saturated carbocycles. The fourth-order valence-electron chi connectivity index (χ4n) is 1.53. The highest BCUT2D eigenvalue weighted by Crippen LogP contribution is 2.19. The van der Waals surface area contributed by atoms with Crippen LogP contribution >= 0.6 is 11.6 Å². The fourth-order valence-corrected chi connectivity index (χ4v) is 1.70. The van der Waals surface area contributed by atoms with E-state index in [2.05, 4.69) is 42.9 Å². The maximum atomic E-state index is 6.19. The minimum absolute atomic E-state index is 0.0443. The maximum Gasteiger partial charge on any atom is 0.213 e. The van der Waals surface area contributed by atoms with Crippen LogP contribution in [0.25, 0.3) is 0 Å². The average Bonchev–Trinajstić information content (AvgIpc) is 2.38. The Morgan fingerprint density at radius 2 is 2.00 bits per heavy atom. The van der Waals surface area contributed by atoms with Gasteiger partial charge in [-0.25, -0.2) is 4.98 Å². The average molecular weight is 314 g/mol. The van der Waals surface area contributed by atoms with E-state index in [1.807, 2.05) is 26.2 Å². The lowest BCUT2D eigenvalue weighted by Gasteiger charge is -2.31. The molecule has 0 amide bonds. The number of hydrogen-bond donors (Lipinski definition) is 1. The van der Waals surface area contributed by atoms with Crippen LogP contribution in [0.5, 0.6) is 5.88 Å². The van der Waals surface area contributed by atoms with E-state index in [1.54, 1.807) is 0 Å². The quantitative estimate of drug-likeness (QED) is 0.800. The highest BCUT2D eigenvalue weighted by Gasteiger charge is 2.21. The first kappa shape index (κ1) is 18.2. The van der Waals surface area contributed by atoms with Crippen molar-refractivity contribution in [1.29, 1.82) is 0 Å². The number of ether oxygens (including phenoxy) is 1. The third-order valence-corrected chi connectivity index (χ3v) is 3.87. The number of rotatable bonds is 8. The molecule has 0 spiro atoms. The SMILES string of the molecule is CC(C)CNCc1nc(OCC(C)(C)N(C)C)ccc1Cl. The Morgan fingerprint density at radius 1 is 1.33 bits per heavy atom. The van der Waals surface area contributed by atoms with Crippen LogP contribution in [0.1, 0.15) is 33.4 Å². The Balaban J connectivity index is 2.64. The molecule has 0 aromatic carbocycles. The van der Waals surface area contributed by atoms with Gasteiger partial charge in [0.2, 0.25) is 5.88 Å². The second kappa shape index (κ2) is 7.97. The van der Waals surface area contributed by atoms with E-state index in [4.69, 9.17) is 16.3 Å². The first-order chi connectivity index (χ1) is 9.72. The first-order valence-electron chi connectivity index (χ1n) is 7.38. The number of nitrogens with zero attached hydrogens (tertiary/aromatic N) is 2. The van der Waals surface area contributed by atoms with Gasteiger partial charge in [0.05, 0.1) is 10.7 Å². The van der Waals surface area contributed by atoms with E-state index in [-0.39, 0.29) is 5.54 Å². The van der Waals surface area contributed by atoms with E-state index in [0.717, 1.165) is 12.2 Å². The summed E-state index contributed by atoms with van der Waals surface area (Å²) in [7, 11) is 4.08. The number of hydrogen-bond acceptors (Lipinski definition) is 4. The molecule has 0 aliphatic carbocycles. The van der Waals surface area contributed by atoms with Crippen LogP contribution in [0, 0.1) is 5.92 Å². The molecule has 1 aromatic rings. The van der Waals surface area contributed by atoms with E-state index >= 15 is 0 Å². The molecule has 1 aromatic heterocycles. The number of halogens is 1. The molecule has 0 unspecified atom stereocenters. The number of pyridine rings is 1. The zero-order valence-corrected chi connectivity index (χ0v) is 14.8. The summed E-state index contributed by atoms with van der Waals surface area (Å²) >= 11 is 6.19. The van der Waals surface area contributed by atoms with Gasteiger partial charge in [-0.05, 0) is 46.5 Å². The molecule has 0 atom stereocenters. The second-order valence-electron chi connectivity index (χ2n) is 6.60. The lowest BCUT2D eigenvalue weighted by atomic mass is 10.1. The predicted octanol–water partition coefficient (Wildman–Crippen LogP) is 3.20. The number of nitrogens with one attached hydrogen (secondary N) is 1. The summed E-state index contributed by atoms with van der Waals surface area (Å²) in [4.78, 5) is 6.63. The smallest absolute Gasteiger partial charge is 0.213 e. The monoisotopic (exact) mass is 313 g/mol. The van der Waals surface area contributed by atoms with Crippen molar-refractivity contribution in [3.63, 3.8) is 0 Å².